The Hall–Kier alpha value is -3.41. The van der Waals surface area contributed by atoms with E-state index in [0.717, 1.165) is 5.69 Å². The van der Waals surface area contributed by atoms with Crippen molar-refractivity contribution in [2.24, 2.45) is 0 Å². The van der Waals surface area contributed by atoms with Crippen LogP contribution in [0, 0.1) is 5.82 Å². The smallest absolute Gasteiger partial charge is 0.274 e. The zero-order chi connectivity index (χ0) is 19.1. The third kappa shape index (κ3) is 4.82. The number of hydrogen-bond acceptors (Lipinski definition) is 4. The van der Waals surface area contributed by atoms with Crippen molar-refractivity contribution in [2.75, 3.05) is 24.3 Å². The number of anilines is 2. The summed E-state index contributed by atoms with van der Waals surface area (Å²) in [6.45, 7) is 0.565. The van der Waals surface area contributed by atoms with Crippen LogP contribution < -0.4 is 15.4 Å². The standard InChI is InChI=1S/C21H20FN3O2/c1-27-20-9-5-4-8-18(20)25-21(26)19-11-10-16(14-24-19)23-13-12-15-6-2-3-7-17(15)22/h2-11,14,23H,12-13H2,1H3,(H,25,26). The van der Waals surface area contributed by atoms with Gasteiger partial charge in [-0.1, -0.05) is 30.3 Å². The normalized spacial score (nSPS) is 10.3. The van der Waals surface area contributed by atoms with Gasteiger partial charge >= 0.3 is 0 Å². The predicted octanol–water partition coefficient (Wildman–Crippen LogP) is 4.14. The van der Waals surface area contributed by atoms with Gasteiger partial charge < -0.3 is 15.4 Å². The number of ether oxygens (including phenoxy) is 1. The van der Waals surface area contributed by atoms with Crippen LogP contribution in [-0.2, 0) is 6.42 Å². The first-order valence-electron chi connectivity index (χ1n) is 8.55. The highest BCUT2D eigenvalue weighted by atomic mass is 19.1. The van der Waals surface area contributed by atoms with E-state index >= 15 is 0 Å². The van der Waals surface area contributed by atoms with E-state index in [2.05, 4.69) is 15.6 Å². The van der Waals surface area contributed by atoms with E-state index in [1.165, 1.54) is 6.07 Å². The summed E-state index contributed by atoms with van der Waals surface area (Å²) in [5.74, 6) is 0.0514. The monoisotopic (exact) mass is 365 g/mol. The van der Waals surface area contributed by atoms with Gasteiger partial charge in [-0.15, -0.1) is 0 Å². The van der Waals surface area contributed by atoms with Crippen molar-refractivity contribution >= 4 is 17.3 Å². The first kappa shape index (κ1) is 18.4. The maximum atomic E-state index is 13.6. The van der Waals surface area contributed by atoms with Crippen LogP contribution in [0.4, 0.5) is 15.8 Å². The first-order chi connectivity index (χ1) is 13.2. The lowest BCUT2D eigenvalue weighted by Crippen LogP contribution is -2.14. The Morgan fingerprint density at radius 1 is 1.07 bits per heavy atom. The molecular weight excluding hydrogens is 345 g/mol. The summed E-state index contributed by atoms with van der Waals surface area (Å²) in [7, 11) is 1.55. The van der Waals surface area contributed by atoms with Gasteiger partial charge in [0.15, 0.2) is 0 Å². The molecule has 1 aromatic heterocycles. The Morgan fingerprint density at radius 3 is 2.59 bits per heavy atom. The highest BCUT2D eigenvalue weighted by Gasteiger charge is 2.10. The van der Waals surface area contributed by atoms with Crippen molar-refractivity contribution in [3.8, 4) is 5.75 Å². The molecule has 0 unspecified atom stereocenters. The average molecular weight is 365 g/mol. The molecule has 3 aromatic rings. The Kier molecular flexibility index (Phi) is 5.99. The van der Waals surface area contributed by atoms with Crippen molar-refractivity contribution in [1.29, 1.82) is 0 Å². The molecule has 27 heavy (non-hydrogen) atoms. The number of carbonyl (C=O) groups excluding carboxylic acids is 1. The lowest BCUT2D eigenvalue weighted by atomic mass is 10.1. The number of hydrogen-bond donors (Lipinski definition) is 2. The number of nitrogens with one attached hydrogen (secondary N) is 2. The number of nitrogens with zero attached hydrogens (tertiary/aromatic N) is 1. The number of aromatic nitrogens is 1. The van der Waals surface area contributed by atoms with E-state index < -0.39 is 0 Å². The molecule has 0 fully saturated rings. The number of methoxy groups -OCH3 is 1. The zero-order valence-electron chi connectivity index (χ0n) is 14.9. The quantitative estimate of drug-likeness (QED) is 0.661. The Morgan fingerprint density at radius 2 is 1.85 bits per heavy atom. The summed E-state index contributed by atoms with van der Waals surface area (Å²) in [6, 6.07) is 17.3. The van der Waals surface area contributed by atoms with Crippen LogP contribution >= 0.6 is 0 Å². The highest BCUT2D eigenvalue weighted by molar-refractivity contribution is 6.03. The fraction of sp³-hybridized carbons (Fsp3) is 0.143. The van der Waals surface area contributed by atoms with E-state index in [9.17, 15) is 9.18 Å². The third-order valence-electron chi connectivity index (χ3n) is 4.03. The molecule has 3 rings (SSSR count). The summed E-state index contributed by atoms with van der Waals surface area (Å²) in [6.07, 6.45) is 2.14. The maximum Gasteiger partial charge on any atom is 0.274 e. The van der Waals surface area contributed by atoms with Gasteiger partial charge in [-0.05, 0) is 42.3 Å². The lowest BCUT2D eigenvalue weighted by molar-refractivity contribution is 0.102. The molecule has 0 radical (unpaired) electrons. The largest absolute Gasteiger partial charge is 0.495 e. The molecule has 2 aromatic carbocycles. The van der Waals surface area contributed by atoms with Gasteiger partial charge in [-0.25, -0.2) is 9.37 Å². The van der Waals surface area contributed by atoms with Crippen LogP contribution in [0.1, 0.15) is 16.1 Å². The van der Waals surface area contributed by atoms with Crippen LogP contribution in [0.25, 0.3) is 0 Å². The molecule has 0 aliphatic carbocycles. The average Bonchev–Trinajstić information content (AvgIpc) is 2.70. The first-order valence-corrected chi connectivity index (χ1v) is 8.55. The summed E-state index contributed by atoms with van der Waals surface area (Å²) < 4.78 is 18.8. The Bertz CT molecular complexity index is 913. The Balaban J connectivity index is 1.56. The second-order valence-electron chi connectivity index (χ2n) is 5.85. The number of amides is 1. The summed E-state index contributed by atoms with van der Waals surface area (Å²) in [4.78, 5) is 16.5. The minimum absolute atomic E-state index is 0.208. The van der Waals surface area contributed by atoms with Gasteiger partial charge in [0, 0.05) is 6.54 Å². The van der Waals surface area contributed by atoms with Crippen LogP contribution in [-0.4, -0.2) is 24.5 Å². The van der Waals surface area contributed by atoms with Gasteiger partial charge in [-0.3, -0.25) is 4.79 Å². The fourth-order valence-electron chi connectivity index (χ4n) is 2.61. The lowest BCUT2D eigenvalue weighted by Gasteiger charge is -2.10. The van der Waals surface area contributed by atoms with Gasteiger partial charge in [0.05, 0.1) is 24.7 Å². The van der Waals surface area contributed by atoms with Crippen molar-refractivity contribution < 1.29 is 13.9 Å². The molecule has 5 nitrogen and oxygen atoms in total. The number of benzene rings is 2. The number of rotatable bonds is 7. The predicted molar refractivity (Wildman–Crippen MR) is 104 cm³/mol. The number of para-hydroxylation sites is 2. The molecule has 6 heteroatoms. The molecule has 0 aliphatic rings. The summed E-state index contributed by atoms with van der Waals surface area (Å²) in [5.41, 5.74) is 2.30. The molecule has 0 saturated heterocycles. The number of carbonyl (C=O) groups is 1. The second-order valence-corrected chi connectivity index (χ2v) is 5.85. The van der Waals surface area contributed by atoms with Crippen LogP contribution in [0.15, 0.2) is 66.9 Å². The molecule has 2 N–H and O–H groups in total. The molecule has 138 valence electrons. The van der Waals surface area contributed by atoms with E-state index in [1.807, 2.05) is 18.2 Å². The van der Waals surface area contributed by atoms with Crippen molar-refractivity contribution in [1.82, 2.24) is 4.98 Å². The van der Waals surface area contributed by atoms with Gasteiger partial charge in [0.25, 0.3) is 5.91 Å². The number of pyridine rings is 1. The molecule has 1 amide bonds. The fourth-order valence-corrected chi connectivity index (χ4v) is 2.61. The summed E-state index contributed by atoms with van der Waals surface area (Å²) >= 11 is 0. The van der Waals surface area contributed by atoms with Crippen molar-refractivity contribution in [2.45, 2.75) is 6.42 Å². The molecular formula is C21H20FN3O2. The Labute approximate surface area is 157 Å². The minimum atomic E-state index is -0.322. The maximum absolute atomic E-state index is 13.6. The zero-order valence-corrected chi connectivity index (χ0v) is 14.9. The van der Waals surface area contributed by atoms with Crippen molar-refractivity contribution in [3.63, 3.8) is 0 Å². The highest BCUT2D eigenvalue weighted by Crippen LogP contribution is 2.23. The van der Waals surface area contributed by atoms with E-state index in [4.69, 9.17) is 4.74 Å². The van der Waals surface area contributed by atoms with Crippen LogP contribution in [0.2, 0.25) is 0 Å². The third-order valence-corrected chi connectivity index (χ3v) is 4.03. The molecule has 0 bridgehead atoms. The van der Waals surface area contributed by atoms with Gasteiger partial charge in [0.1, 0.15) is 17.3 Å². The summed E-state index contributed by atoms with van der Waals surface area (Å²) in [5, 5.41) is 5.95. The molecule has 0 spiro atoms. The van der Waals surface area contributed by atoms with Crippen molar-refractivity contribution in [3.05, 3.63) is 83.9 Å². The van der Waals surface area contributed by atoms with E-state index in [0.29, 0.717) is 35.7 Å². The molecule has 0 saturated carbocycles. The van der Waals surface area contributed by atoms with Gasteiger partial charge in [-0.2, -0.15) is 0 Å². The minimum Gasteiger partial charge on any atom is -0.495 e. The van der Waals surface area contributed by atoms with Gasteiger partial charge in [0.2, 0.25) is 0 Å². The van der Waals surface area contributed by atoms with E-state index in [-0.39, 0.29) is 11.7 Å². The SMILES string of the molecule is COc1ccccc1NC(=O)c1ccc(NCCc2ccccc2F)cn1. The van der Waals surface area contributed by atoms with E-state index in [1.54, 1.807) is 49.7 Å². The molecule has 0 aliphatic heterocycles. The molecule has 1 heterocycles. The second kappa shape index (κ2) is 8.80. The number of halogens is 1. The topological polar surface area (TPSA) is 63.2 Å². The molecule has 0 atom stereocenters. The van der Waals surface area contributed by atoms with Crippen LogP contribution in [0.3, 0.4) is 0 Å². The van der Waals surface area contributed by atoms with Crippen LogP contribution in [0.5, 0.6) is 5.75 Å².